The van der Waals surface area contributed by atoms with E-state index < -0.39 is 0 Å². The topological polar surface area (TPSA) is 29.3 Å². The van der Waals surface area contributed by atoms with E-state index in [1.165, 1.54) is 44.6 Å². The molecule has 1 aromatic rings. The number of benzene rings is 1. The van der Waals surface area contributed by atoms with Crippen LogP contribution in [0.2, 0.25) is 0 Å². The molecule has 0 radical (unpaired) electrons. The molecule has 1 aromatic carbocycles. The van der Waals surface area contributed by atoms with Crippen LogP contribution in [0.4, 0.5) is 10.1 Å². The van der Waals surface area contributed by atoms with E-state index in [4.69, 9.17) is 5.73 Å². The van der Waals surface area contributed by atoms with E-state index in [1.807, 2.05) is 13.0 Å². The Morgan fingerprint density at radius 2 is 1.95 bits per heavy atom. The molecule has 1 aliphatic carbocycles. The highest BCUT2D eigenvalue weighted by Crippen LogP contribution is 2.40. The Hall–Kier alpha value is -1.09. The van der Waals surface area contributed by atoms with Gasteiger partial charge in [-0.15, -0.1) is 0 Å². The predicted octanol–water partition coefficient (Wildman–Crippen LogP) is 4.00. The van der Waals surface area contributed by atoms with Crippen molar-refractivity contribution in [2.24, 2.45) is 11.7 Å². The highest BCUT2D eigenvalue weighted by molar-refractivity contribution is 5.56. The first-order valence-corrected chi connectivity index (χ1v) is 7.99. The molecule has 3 heteroatoms. The minimum Gasteiger partial charge on any atom is -0.368 e. The molecule has 0 aromatic heterocycles. The summed E-state index contributed by atoms with van der Waals surface area (Å²) in [5, 5.41) is 0. The van der Waals surface area contributed by atoms with Gasteiger partial charge in [-0.25, -0.2) is 4.39 Å². The summed E-state index contributed by atoms with van der Waals surface area (Å²) in [6, 6.07) is 5.75. The van der Waals surface area contributed by atoms with Gasteiger partial charge in [0, 0.05) is 29.9 Å². The van der Waals surface area contributed by atoms with Crippen LogP contribution in [0.15, 0.2) is 18.2 Å². The first-order chi connectivity index (χ1) is 9.68. The first kappa shape index (κ1) is 13.9. The van der Waals surface area contributed by atoms with Gasteiger partial charge in [0.15, 0.2) is 0 Å². The van der Waals surface area contributed by atoms with E-state index >= 15 is 0 Å². The molecule has 2 N–H and O–H groups in total. The second kappa shape index (κ2) is 5.72. The molecule has 2 aliphatic rings. The van der Waals surface area contributed by atoms with Gasteiger partial charge in [0.2, 0.25) is 0 Å². The van der Waals surface area contributed by atoms with Crippen LogP contribution in [0.5, 0.6) is 0 Å². The van der Waals surface area contributed by atoms with E-state index in [2.05, 4.69) is 11.0 Å². The van der Waals surface area contributed by atoms with E-state index in [1.54, 1.807) is 0 Å². The Morgan fingerprint density at radius 1 is 1.20 bits per heavy atom. The van der Waals surface area contributed by atoms with E-state index in [0.29, 0.717) is 11.6 Å². The molecule has 1 aliphatic heterocycles. The van der Waals surface area contributed by atoms with E-state index in [-0.39, 0.29) is 11.9 Å². The maximum Gasteiger partial charge on any atom is 0.130 e. The summed E-state index contributed by atoms with van der Waals surface area (Å²) in [7, 11) is 0. The Balaban J connectivity index is 1.97. The normalized spacial score (nSPS) is 28.1. The van der Waals surface area contributed by atoms with Crippen molar-refractivity contribution in [3.63, 3.8) is 0 Å². The van der Waals surface area contributed by atoms with Gasteiger partial charge in [0.1, 0.15) is 5.82 Å². The second-order valence-electron chi connectivity index (χ2n) is 6.41. The lowest BCUT2D eigenvalue weighted by atomic mass is 9.78. The van der Waals surface area contributed by atoms with Gasteiger partial charge in [-0.05, 0) is 50.7 Å². The van der Waals surface area contributed by atoms with Gasteiger partial charge in [0.05, 0.1) is 0 Å². The molecule has 2 fully saturated rings. The number of piperidine rings is 1. The van der Waals surface area contributed by atoms with Crippen LogP contribution in [0.3, 0.4) is 0 Å². The Kier molecular flexibility index (Phi) is 3.97. The van der Waals surface area contributed by atoms with Crippen LogP contribution >= 0.6 is 0 Å². The Labute approximate surface area is 121 Å². The third-order valence-electron chi connectivity index (χ3n) is 5.04. The number of halogens is 1. The molecule has 1 saturated carbocycles. The van der Waals surface area contributed by atoms with Gasteiger partial charge in [-0.1, -0.05) is 18.9 Å². The van der Waals surface area contributed by atoms with Crippen molar-refractivity contribution in [2.45, 2.75) is 57.5 Å². The second-order valence-corrected chi connectivity index (χ2v) is 6.41. The van der Waals surface area contributed by atoms with Crippen molar-refractivity contribution in [1.82, 2.24) is 0 Å². The fourth-order valence-corrected chi connectivity index (χ4v) is 4.15. The average Bonchev–Trinajstić information content (AvgIpc) is 2.46. The van der Waals surface area contributed by atoms with Gasteiger partial charge in [-0.3, -0.25) is 0 Å². The molecule has 110 valence electrons. The molecular formula is C17H25FN2. The molecule has 20 heavy (non-hydrogen) atoms. The van der Waals surface area contributed by atoms with Crippen LogP contribution in [0.25, 0.3) is 0 Å². The molecular weight excluding hydrogens is 251 g/mol. The lowest BCUT2D eigenvalue weighted by molar-refractivity contribution is 0.243. The van der Waals surface area contributed by atoms with Crippen LogP contribution in [0.1, 0.15) is 57.1 Å². The smallest absolute Gasteiger partial charge is 0.130 e. The van der Waals surface area contributed by atoms with Crippen LogP contribution in [-0.2, 0) is 0 Å². The lowest BCUT2D eigenvalue weighted by Gasteiger charge is -2.46. The van der Waals surface area contributed by atoms with Crippen molar-refractivity contribution in [2.75, 3.05) is 11.4 Å². The minimum absolute atomic E-state index is 0.157. The van der Waals surface area contributed by atoms with Gasteiger partial charge >= 0.3 is 0 Å². The number of hydrogen-bond donors (Lipinski definition) is 1. The van der Waals surface area contributed by atoms with Crippen molar-refractivity contribution >= 4 is 5.69 Å². The van der Waals surface area contributed by atoms with Crippen LogP contribution in [0, 0.1) is 11.7 Å². The zero-order chi connectivity index (χ0) is 14.1. The summed E-state index contributed by atoms with van der Waals surface area (Å²) in [4.78, 5) is 2.45. The maximum atomic E-state index is 14.2. The largest absolute Gasteiger partial charge is 0.368 e. The standard InChI is InChI=1S/C17H25FN2/c1-12(19)17-14(18)8-4-10-16(17)20-11-5-7-13-6-2-3-9-15(13)20/h4,8,10,12-13,15H,2-3,5-7,9,11,19H2,1H3/t12-,13+,15+/m0/s1. The summed E-state index contributed by atoms with van der Waals surface area (Å²) in [6.45, 7) is 2.93. The molecule has 2 nitrogen and oxygen atoms in total. The monoisotopic (exact) mass is 276 g/mol. The number of hydrogen-bond acceptors (Lipinski definition) is 2. The number of nitrogens with two attached hydrogens (primary N) is 1. The van der Waals surface area contributed by atoms with Gasteiger partial charge < -0.3 is 10.6 Å². The predicted molar refractivity (Wildman–Crippen MR) is 81.3 cm³/mol. The van der Waals surface area contributed by atoms with Gasteiger partial charge in [0.25, 0.3) is 0 Å². The third-order valence-corrected chi connectivity index (χ3v) is 5.04. The van der Waals surface area contributed by atoms with Crippen molar-refractivity contribution in [1.29, 1.82) is 0 Å². The minimum atomic E-state index is -0.254. The fourth-order valence-electron chi connectivity index (χ4n) is 4.15. The zero-order valence-electron chi connectivity index (χ0n) is 12.3. The average molecular weight is 276 g/mol. The molecule has 0 bridgehead atoms. The van der Waals surface area contributed by atoms with Gasteiger partial charge in [-0.2, -0.15) is 0 Å². The van der Waals surface area contributed by atoms with Crippen molar-refractivity contribution in [3.8, 4) is 0 Å². The first-order valence-electron chi connectivity index (χ1n) is 7.99. The summed E-state index contributed by atoms with van der Waals surface area (Å²) in [6.07, 6.45) is 7.81. The molecule has 3 atom stereocenters. The number of anilines is 1. The SMILES string of the molecule is C[C@H](N)c1c(F)cccc1N1CCC[C@H]2CCCC[C@H]21. The summed E-state index contributed by atoms with van der Waals surface area (Å²) < 4.78 is 14.2. The Bertz CT molecular complexity index is 470. The van der Waals surface area contributed by atoms with E-state index in [0.717, 1.165) is 18.2 Å². The van der Waals surface area contributed by atoms with Crippen LogP contribution in [-0.4, -0.2) is 12.6 Å². The highest BCUT2D eigenvalue weighted by Gasteiger charge is 2.34. The molecule has 1 saturated heterocycles. The summed E-state index contributed by atoms with van der Waals surface area (Å²) in [5.41, 5.74) is 7.76. The zero-order valence-corrected chi connectivity index (χ0v) is 12.3. The summed E-state index contributed by atoms with van der Waals surface area (Å²) in [5.74, 6) is 0.636. The number of nitrogens with zero attached hydrogens (tertiary/aromatic N) is 1. The molecule has 0 amide bonds. The van der Waals surface area contributed by atoms with Crippen molar-refractivity contribution < 1.29 is 4.39 Å². The molecule has 0 unspecified atom stereocenters. The van der Waals surface area contributed by atoms with Crippen molar-refractivity contribution in [3.05, 3.63) is 29.6 Å². The molecule has 0 spiro atoms. The quantitative estimate of drug-likeness (QED) is 0.884. The third kappa shape index (κ3) is 2.44. The Morgan fingerprint density at radius 3 is 2.75 bits per heavy atom. The maximum absolute atomic E-state index is 14.2. The highest BCUT2D eigenvalue weighted by atomic mass is 19.1. The molecule has 3 rings (SSSR count). The summed E-state index contributed by atoms with van der Waals surface area (Å²) >= 11 is 0. The van der Waals surface area contributed by atoms with Crippen LogP contribution < -0.4 is 10.6 Å². The molecule has 1 heterocycles. The number of rotatable bonds is 2. The van der Waals surface area contributed by atoms with E-state index in [9.17, 15) is 4.39 Å². The fraction of sp³-hybridized carbons (Fsp3) is 0.647. The number of fused-ring (bicyclic) bond motifs is 1. The lowest BCUT2D eigenvalue weighted by Crippen LogP contribution is -2.47.